The molecular formula is C14H22N2OS. The smallest absolute Gasteiger partial charge is 0.226 e. The Bertz CT molecular complexity index is 377. The number of amides is 1. The Balaban J connectivity index is 1.96. The van der Waals surface area contributed by atoms with Gasteiger partial charge in [0.15, 0.2) is 0 Å². The van der Waals surface area contributed by atoms with Crippen molar-refractivity contribution in [2.45, 2.75) is 45.2 Å². The number of nitrogens with zero attached hydrogens (tertiary/aromatic N) is 1. The van der Waals surface area contributed by atoms with Crippen LogP contribution in [-0.4, -0.2) is 23.4 Å². The number of carbonyl (C=O) groups excluding carboxylic acids is 1. The summed E-state index contributed by atoms with van der Waals surface area (Å²) >= 11 is 1.71. The molecule has 2 unspecified atom stereocenters. The average molecular weight is 266 g/mol. The van der Waals surface area contributed by atoms with Crippen molar-refractivity contribution in [3.05, 3.63) is 22.4 Å². The fraction of sp³-hybridized carbons (Fsp3) is 0.643. The van der Waals surface area contributed by atoms with E-state index in [0.717, 1.165) is 38.8 Å². The number of thiophene rings is 1. The van der Waals surface area contributed by atoms with E-state index in [1.54, 1.807) is 11.3 Å². The summed E-state index contributed by atoms with van der Waals surface area (Å²) in [4.78, 5) is 15.7. The van der Waals surface area contributed by atoms with E-state index in [4.69, 9.17) is 5.73 Å². The fourth-order valence-electron chi connectivity index (χ4n) is 2.65. The van der Waals surface area contributed by atoms with Crippen LogP contribution < -0.4 is 5.73 Å². The molecule has 2 rings (SSSR count). The molecule has 0 saturated heterocycles. The van der Waals surface area contributed by atoms with Crippen molar-refractivity contribution in [2.24, 2.45) is 11.7 Å². The van der Waals surface area contributed by atoms with Crippen LogP contribution in [0.2, 0.25) is 0 Å². The third-order valence-corrected chi connectivity index (χ3v) is 4.55. The molecule has 3 nitrogen and oxygen atoms in total. The van der Waals surface area contributed by atoms with Gasteiger partial charge in [0.1, 0.15) is 0 Å². The highest BCUT2D eigenvalue weighted by atomic mass is 32.1. The van der Waals surface area contributed by atoms with Crippen LogP contribution in [0.15, 0.2) is 17.5 Å². The van der Waals surface area contributed by atoms with Crippen LogP contribution in [0.3, 0.4) is 0 Å². The van der Waals surface area contributed by atoms with Gasteiger partial charge in [0.25, 0.3) is 0 Å². The van der Waals surface area contributed by atoms with Crippen molar-refractivity contribution in [3.8, 4) is 0 Å². The van der Waals surface area contributed by atoms with Gasteiger partial charge < -0.3 is 10.6 Å². The molecule has 1 aromatic rings. The second-order valence-corrected chi connectivity index (χ2v) is 6.09. The Hall–Kier alpha value is -0.870. The molecule has 0 radical (unpaired) electrons. The Morgan fingerprint density at radius 1 is 1.56 bits per heavy atom. The molecule has 0 aromatic carbocycles. The predicted molar refractivity (Wildman–Crippen MR) is 75.3 cm³/mol. The first kappa shape index (κ1) is 13.6. The largest absolute Gasteiger partial charge is 0.338 e. The van der Waals surface area contributed by atoms with Gasteiger partial charge in [0.05, 0.1) is 6.54 Å². The molecule has 1 fully saturated rings. The van der Waals surface area contributed by atoms with Gasteiger partial charge in [-0.3, -0.25) is 4.79 Å². The topological polar surface area (TPSA) is 46.3 Å². The summed E-state index contributed by atoms with van der Waals surface area (Å²) in [6, 6.07) is 4.34. The summed E-state index contributed by atoms with van der Waals surface area (Å²) in [6.07, 6.45) is 4.03. The Labute approximate surface area is 113 Å². The lowest BCUT2D eigenvalue weighted by Crippen LogP contribution is -2.40. The maximum Gasteiger partial charge on any atom is 0.226 e. The lowest BCUT2D eigenvalue weighted by atomic mass is 9.85. The van der Waals surface area contributed by atoms with Gasteiger partial charge in [-0.1, -0.05) is 12.5 Å². The molecule has 18 heavy (non-hydrogen) atoms. The quantitative estimate of drug-likeness (QED) is 0.910. The van der Waals surface area contributed by atoms with Gasteiger partial charge in [-0.2, -0.15) is 0 Å². The van der Waals surface area contributed by atoms with E-state index in [1.807, 2.05) is 17.9 Å². The van der Waals surface area contributed by atoms with Crippen LogP contribution in [0.5, 0.6) is 0 Å². The highest BCUT2D eigenvalue weighted by molar-refractivity contribution is 7.09. The Morgan fingerprint density at radius 3 is 3.00 bits per heavy atom. The summed E-state index contributed by atoms with van der Waals surface area (Å²) < 4.78 is 0. The molecule has 1 aliphatic rings. The maximum absolute atomic E-state index is 12.5. The monoisotopic (exact) mass is 266 g/mol. The molecule has 0 spiro atoms. The summed E-state index contributed by atoms with van der Waals surface area (Å²) in [5.41, 5.74) is 5.97. The van der Waals surface area contributed by atoms with E-state index in [9.17, 15) is 4.79 Å². The number of carbonyl (C=O) groups is 1. The molecule has 4 heteroatoms. The third kappa shape index (κ3) is 3.33. The molecular weight excluding hydrogens is 244 g/mol. The second kappa shape index (κ2) is 6.34. The van der Waals surface area contributed by atoms with Gasteiger partial charge in [0.2, 0.25) is 5.91 Å². The molecule has 1 saturated carbocycles. The van der Waals surface area contributed by atoms with Crippen LogP contribution in [0.4, 0.5) is 0 Å². The number of nitrogens with two attached hydrogens (primary N) is 1. The molecule has 2 N–H and O–H groups in total. The Morgan fingerprint density at radius 2 is 2.39 bits per heavy atom. The van der Waals surface area contributed by atoms with Crippen molar-refractivity contribution in [3.63, 3.8) is 0 Å². The highest BCUT2D eigenvalue weighted by Crippen LogP contribution is 2.25. The first-order valence-corrected chi connectivity index (χ1v) is 7.65. The molecule has 1 amide bonds. The van der Waals surface area contributed by atoms with E-state index in [0.29, 0.717) is 5.91 Å². The highest BCUT2D eigenvalue weighted by Gasteiger charge is 2.28. The van der Waals surface area contributed by atoms with Crippen molar-refractivity contribution in [1.29, 1.82) is 0 Å². The van der Waals surface area contributed by atoms with Crippen LogP contribution in [-0.2, 0) is 11.3 Å². The maximum atomic E-state index is 12.5. The van der Waals surface area contributed by atoms with E-state index in [1.165, 1.54) is 4.88 Å². The van der Waals surface area contributed by atoms with Crippen LogP contribution in [0.25, 0.3) is 0 Å². The SMILES string of the molecule is CCN(Cc1cccs1)C(=O)C1CCCC(N)C1. The van der Waals surface area contributed by atoms with Crippen molar-refractivity contribution in [2.75, 3.05) is 6.54 Å². The molecule has 1 heterocycles. The average Bonchev–Trinajstić information content (AvgIpc) is 2.88. The summed E-state index contributed by atoms with van der Waals surface area (Å²) in [5, 5.41) is 2.06. The van der Waals surface area contributed by atoms with Gasteiger partial charge >= 0.3 is 0 Å². The van der Waals surface area contributed by atoms with Gasteiger partial charge in [0, 0.05) is 23.4 Å². The number of rotatable bonds is 4. The minimum atomic E-state index is 0.147. The molecule has 100 valence electrons. The molecule has 2 atom stereocenters. The zero-order chi connectivity index (χ0) is 13.0. The van der Waals surface area contributed by atoms with E-state index in [2.05, 4.69) is 11.4 Å². The van der Waals surface area contributed by atoms with Gasteiger partial charge in [-0.15, -0.1) is 11.3 Å². The predicted octanol–water partition coefficient (Wildman–Crippen LogP) is 2.61. The summed E-state index contributed by atoms with van der Waals surface area (Å²) in [7, 11) is 0. The number of hydrogen-bond donors (Lipinski definition) is 1. The minimum absolute atomic E-state index is 0.147. The fourth-order valence-corrected chi connectivity index (χ4v) is 3.37. The van der Waals surface area contributed by atoms with Crippen LogP contribution >= 0.6 is 11.3 Å². The minimum Gasteiger partial charge on any atom is -0.338 e. The second-order valence-electron chi connectivity index (χ2n) is 5.06. The van der Waals surface area contributed by atoms with Gasteiger partial charge in [-0.05, 0) is 37.6 Å². The molecule has 1 aromatic heterocycles. The van der Waals surface area contributed by atoms with Crippen molar-refractivity contribution in [1.82, 2.24) is 4.90 Å². The lowest BCUT2D eigenvalue weighted by molar-refractivity contribution is -0.137. The van der Waals surface area contributed by atoms with Crippen molar-refractivity contribution < 1.29 is 4.79 Å². The van der Waals surface area contributed by atoms with Gasteiger partial charge in [-0.25, -0.2) is 0 Å². The molecule has 0 bridgehead atoms. The first-order chi connectivity index (χ1) is 8.70. The summed E-state index contributed by atoms with van der Waals surface area (Å²) in [6.45, 7) is 3.58. The normalized spacial score (nSPS) is 23.9. The first-order valence-electron chi connectivity index (χ1n) is 6.77. The van der Waals surface area contributed by atoms with E-state index in [-0.39, 0.29) is 12.0 Å². The van der Waals surface area contributed by atoms with Crippen LogP contribution in [0.1, 0.15) is 37.5 Å². The Kier molecular flexibility index (Phi) is 4.78. The zero-order valence-electron chi connectivity index (χ0n) is 11.0. The van der Waals surface area contributed by atoms with Crippen LogP contribution in [0, 0.1) is 5.92 Å². The summed E-state index contributed by atoms with van der Waals surface area (Å²) in [5.74, 6) is 0.440. The van der Waals surface area contributed by atoms with E-state index < -0.39 is 0 Å². The molecule has 0 aliphatic heterocycles. The van der Waals surface area contributed by atoms with E-state index >= 15 is 0 Å². The zero-order valence-corrected chi connectivity index (χ0v) is 11.8. The lowest BCUT2D eigenvalue weighted by Gasteiger charge is -2.30. The molecule has 1 aliphatic carbocycles. The van der Waals surface area contributed by atoms with Crippen molar-refractivity contribution >= 4 is 17.2 Å². The standard InChI is InChI=1S/C14H22N2OS/c1-2-16(10-13-7-4-8-18-13)14(17)11-5-3-6-12(15)9-11/h4,7-8,11-12H,2-3,5-6,9-10,15H2,1H3. The number of hydrogen-bond acceptors (Lipinski definition) is 3. The third-order valence-electron chi connectivity index (χ3n) is 3.68.